The Morgan fingerprint density at radius 2 is 2.08 bits per heavy atom. The molecule has 1 nitrogen and oxygen atoms in total. The van der Waals surface area contributed by atoms with Crippen LogP contribution in [0.1, 0.15) is 30.9 Å². The molecule has 0 radical (unpaired) electrons. The van der Waals surface area contributed by atoms with Crippen molar-refractivity contribution in [3.05, 3.63) is 34.9 Å². The largest absolute Gasteiger partial charge is 0.373 e. The molecular weight excluding hydrogens is 184 g/mol. The van der Waals surface area contributed by atoms with Gasteiger partial charge in [-0.3, -0.25) is 0 Å². The number of ether oxygens (including phenoxy) is 1. The van der Waals surface area contributed by atoms with Crippen LogP contribution in [0.4, 0.5) is 0 Å². The van der Waals surface area contributed by atoms with E-state index in [2.05, 4.69) is 6.07 Å². The van der Waals surface area contributed by atoms with E-state index >= 15 is 0 Å². The van der Waals surface area contributed by atoms with E-state index in [1.807, 2.05) is 18.2 Å². The predicted molar refractivity (Wildman–Crippen MR) is 54.0 cm³/mol. The number of hydrogen-bond donors (Lipinski definition) is 0. The zero-order valence-electron chi connectivity index (χ0n) is 7.50. The van der Waals surface area contributed by atoms with Crippen LogP contribution < -0.4 is 0 Å². The second kappa shape index (κ2) is 4.12. The number of halogens is 1. The molecule has 70 valence electrons. The van der Waals surface area contributed by atoms with Gasteiger partial charge >= 0.3 is 0 Å². The SMILES string of the molecule is Clc1ccccc1C1CCCCO1. The van der Waals surface area contributed by atoms with Crippen LogP contribution in [-0.4, -0.2) is 6.61 Å². The lowest BCUT2D eigenvalue weighted by Gasteiger charge is -2.23. The highest BCUT2D eigenvalue weighted by Crippen LogP contribution is 2.31. The first-order chi connectivity index (χ1) is 6.38. The second-order valence-electron chi connectivity index (χ2n) is 3.38. The zero-order chi connectivity index (χ0) is 9.10. The highest BCUT2D eigenvalue weighted by Gasteiger charge is 2.17. The van der Waals surface area contributed by atoms with Gasteiger partial charge in [0.1, 0.15) is 0 Å². The van der Waals surface area contributed by atoms with Gasteiger partial charge in [-0.15, -0.1) is 0 Å². The number of rotatable bonds is 1. The first-order valence-electron chi connectivity index (χ1n) is 4.74. The molecule has 0 amide bonds. The van der Waals surface area contributed by atoms with E-state index in [4.69, 9.17) is 16.3 Å². The van der Waals surface area contributed by atoms with E-state index in [-0.39, 0.29) is 6.10 Å². The topological polar surface area (TPSA) is 9.23 Å². The van der Waals surface area contributed by atoms with Gasteiger partial charge in [-0.1, -0.05) is 29.8 Å². The smallest absolute Gasteiger partial charge is 0.0839 e. The van der Waals surface area contributed by atoms with Gasteiger partial charge in [0.25, 0.3) is 0 Å². The summed E-state index contributed by atoms with van der Waals surface area (Å²) in [7, 11) is 0. The minimum absolute atomic E-state index is 0.224. The van der Waals surface area contributed by atoms with Crippen molar-refractivity contribution in [1.82, 2.24) is 0 Å². The molecule has 1 unspecified atom stereocenters. The lowest BCUT2D eigenvalue weighted by atomic mass is 10.0. The van der Waals surface area contributed by atoms with E-state index in [1.165, 1.54) is 12.8 Å². The van der Waals surface area contributed by atoms with Crippen molar-refractivity contribution >= 4 is 11.6 Å². The minimum atomic E-state index is 0.224. The summed E-state index contributed by atoms with van der Waals surface area (Å²) < 4.78 is 5.66. The van der Waals surface area contributed by atoms with Crippen molar-refractivity contribution < 1.29 is 4.74 Å². The zero-order valence-corrected chi connectivity index (χ0v) is 8.26. The molecule has 1 heterocycles. The summed E-state index contributed by atoms with van der Waals surface area (Å²) in [5.41, 5.74) is 1.14. The maximum atomic E-state index is 6.08. The van der Waals surface area contributed by atoms with E-state index < -0.39 is 0 Å². The molecule has 13 heavy (non-hydrogen) atoms. The first-order valence-corrected chi connectivity index (χ1v) is 5.12. The van der Waals surface area contributed by atoms with Crippen LogP contribution in [0.5, 0.6) is 0 Å². The van der Waals surface area contributed by atoms with E-state index in [9.17, 15) is 0 Å². The highest BCUT2D eigenvalue weighted by molar-refractivity contribution is 6.31. The summed E-state index contributed by atoms with van der Waals surface area (Å²) in [6.07, 6.45) is 3.75. The molecule has 0 aliphatic carbocycles. The molecule has 1 aliphatic heterocycles. The summed E-state index contributed by atoms with van der Waals surface area (Å²) in [6.45, 7) is 0.871. The summed E-state index contributed by atoms with van der Waals surface area (Å²) in [5, 5.41) is 0.828. The highest BCUT2D eigenvalue weighted by atomic mass is 35.5. The van der Waals surface area contributed by atoms with Crippen molar-refractivity contribution in [3.63, 3.8) is 0 Å². The van der Waals surface area contributed by atoms with Crippen molar-refractivity contribution in [2.75, 3.05) is 6.61 Å². The molecule has 1 aromatic rings. The maximum absolute atomic E-state index is 6.08. The van der Waals surface area contributed by atoms with Crippen molar-refractivity contribution in [1.29, 1.82) is 0 Å². The van der Waals surface area contributed by atoms with Gasteiger partial charge < -0.3 is 4.74 Å². The molecule has 2 heteroatoms. The molecule has 1 fully saturated rings. The van der Waals surface area contributed by atoms with E-state index in [0.29, 0.717) is 0 Å². The van der Waals surface area contributed by atoms with Gasteiger partial charge in [-0.2, -0.15) is 0 Å². The Hall–Kier alpha value is -0.530. The Labute approximate surface area is 83.7 Å². The Balaban J connectivity index is 2.18. The molecule has 0 aromatic heterocycles. The summed E-state index contributed by atoms with van der Waals surface area (Å²) >= 11 is 6.08. The van der Waals surface area contributed by atoms with Crippen LogP contribution in [0, 0.1) is 0 Å². The molecule has 1 saturated heterocycles. The minimum Gasteiger partial charge on any atom is -0.373 e. The number of hydrogen-bond acceptors (Lipinski definition) is 1. The van der Waals surface area contributed by atoms with Gasteiger partial charge in [0.05, 0.1) is 6.10 Å². The Kier molecular flexibility index (Phi) is 2.87. The van der Waals surface area contributed by atoms with E-state index in [0.717, 1.165) is 23.6 Å². The van der Waals surface area contributed by atoms with Crippen LogP contribution in [0.15, 0.2) is 24.3 Å². The molecule has 1 aliphatic rings. The van der Waals surface area contributed by atoms with Gasteiger partial charge in [0.15, 0.2) is 0 Å². The van der Waals surface area contributed by atoms with Gasteiger partial charge in [-0.05, 0) is 30.9 Å². The molecule has 2 rings (SSSR count). The third kappa shape index (κ3) is 2.04. The van der Waals surface area contributed by atoms with Crippen LogP contribution in [-0.2, 0) is 4.74 Å². The van der Waals surface area contributed by atoms with Crippen molar-refractivity contribution in [2.45, 2.75) is 25.4 Å². The maximum Gasteiger partial charge on any atom is 0.0839 e. The van der Waals surface area contributed by atoms with E-state index in [1.54, 1.807) is 0 Å². The average molecular weight is 197 g/mol. The third-order valence-corrected chi connectivity index (χ3v) is 2.78. The second-order valence-corrected chi connectivity index (χ2v) is 3.78. The van der Waals surface area contributed by atoms with Crippen LogP contribution in [0.25, 0.3) is 0 Å². The molecule has 0 N–H and O–H groups in total. The predicted octanol–water partition coefficient (Wildman–Crippen LogP) is 3.58. The van der Waals surface area contributed by atoms with Gasteiger partial charge in [0, 0.05) is 11.6 Å². The quantitative estimate of drug-likeness (QED) is 0.667. The average Bonchev–Trinajstić information content (AvgIpc) is 2.20. The summed E-state index contributed by atoms with van der Waals surface area (Å²) in [4.78, 5) is 0. The van der Waals surface area contributed by atoms with Crippen molar-refractivity contribution in [2.24, 2.45) is 0 Å². The molecule has 0 spiro atoms. The lowest BCUT2D eigenvalue weighted by molar-refractivity contribution is 0.0150. The fourth-order valence-electron chi connectivity index (χ4n) is 1.72. The molecule has 1 aromatic carbocycles. The molecule has 1 atom stereocenters. The van der Waals surface area contributed by atoms with Gasteiger partial charge in [-0.25, -0.2) is 0 Å². The Bertz CT molecular complexity index is 279. The fraction of sp³-hybridized carbons (Fsp3) is 0.455. The van der Waals surface area contributed by atoms with Crippen LogP contribution in [0.3, 0.4) is 0 Å². The third-order valence-electron chi connectivity index (χ3n) is 2.43. The molecular formula is C11H13ClO. The number of benzene rings is 1. The monoisotopic (exact) mass is 196 g/mol. The lowest BCUT2D eigenvalue weighted by Crippen LogP contribution is -2.11. The Morgan fingerprint density at radius 1 is 1.23 bits per heavy atom. The van der Waals surface area contributed by atoms with Crippen LogP contribution >= 0.6 is 11.6 Å². The van der Waals surface area contributed by atoms with Crippen molar-refractivity contribution in [3.8, 4) is 0 Å². The van der Waals surface area contributed by atoms with Gasteiger partial charge in [0.2, 0.25) is 0 Å². The standard InChI is InChI=1S/C11H13ClO/c12-10-6-2-1-5-9(10)11-7-3-4-8-13-11/h1-2,5-6,11H,3-4,7-8H2. The molecule has 0 saturated carbocycles. The first kappa shape index (κ1) is 9.04. The Morgan fingerprint density at radius 3 is 2.77 bits per heavy atom. The summed E-state index contributed by atoms with van der Waals surface area (Å²) in [5.74, 6) is 0. The van der Waals surface area contributed by atoms with Crippen LogP contribution in [0.2, 0.25) is 5.02 Å². The summed E-state index contributed by atoms with van der Waals surface area (Å²) in [6, 6.07) is 7.95. The molecule has 0 bridgehead atoms. The normalized spacial score (nSPS) is 23.0. The fourth-order valence-corrected chi connectivity index (χ4v) is 1.98.